The van der Waals surface area contributed by atoms with Crippen LogP contribution in [-0.4, -0.2) is 28.7 Å². The van der Waals surface area contributed by atoms with Crippen LogP contribution in [0.2, 0.25) is 0 Å². The smallest absolute Gasteiger partial charge is 0.449 e. The van der Waals surface area contributed by atoms with E-state index >= 15 is 0 Å². The number of alkyl halides is 3. The predicted molar refractivity (Wildman–Crippen MR) is 67.3 cm³/mol. The third-order valence-electron chi connectivity index (χ3n) is 2.66. The number of rotatable bonds is 5. The van der Waals surface area contributed by atoms with Gasteiger partial charge in [0.1, 0.15) is 13.3 Å². The molecule has 1 aromatic carbocycles. The largest absolute Gasteiger partial charge is 0.463 e. The van der Waals surface area contributed by atoms with Crippen molar-refractivity contribution in [1.82, 2.24) is 9.55 Å². The SMILES string of the molecule is CC(=O)OCCOCn1c(C(F)(F)F)nc2ccccc21. The second kappa shape index (κ2) is 6.13. The Bertz CT molecular complexity index is 637. The molecule has 114 valence electrons. The predicted octanol–water partition coefficient (Wildman–Crippen LogP) is 2.59. The highest BCUT2D eigenvalue weighted by atomic mass is 19.4. The average molecular weight is 302 g/mol. The van der Waals surface area contributed by atoms with Gasteiger partial charge >= 0.3 is 12.1 Å². The summed E-state index contributed by atoms with van der Waals surface area (Å²) < 4.78 is 49.6. The number of aromatic nitrogens is 2. The van der Waals surface area contributed by atoms with E-state index in [0.717, 1.165) is 4.57 Å². The number of carbonyl (C=O) groups is 1. The first-order chi connectivity index (χ1) is 9.89. The topological polar surface area (TPSA) is 53.4 Å². The molecule has 5 nitrogen and oxygen atoms in total. The molecule has 0 atom stereocenters. The highest BCUT2D eigenvalue weighted by Crippen LogP contribution is 2.31. The first kappa shape index (κ1) is 15.3. The number of hydrogen-bond acceptors (Lipinski definition) is 4. The van der Waals surface area contributed by atoms with Gasteiger partial charge in [-0.05, 0) is 12.1 Å². The van der Waals surface area contributed by atoms with Crippen LogP contribution in [0.5, 0.6) is 0 Å². The molecule has 2 rings (SSSR count). The number of esters is 1. The van der Waals surface area contributed by atoms with Gasteiger partial charge in [0.25, 0.3) is 0 Å². The summed E-state index contributed by atoms with van der Waals surface area (Å²) in [5, 5.41) is 0. The number of para-hydroxylation sites is 2. The van der Waals surface area contributed by atoms with Crippen molar-refractivity contribution in [2.24, 2.45) is 0 Å². The molecule has 0 spiro atoms. The monoisotopic (exact) mass is 302 g/mol. The van der Waals surface area contributed by atoms with Gasteiger partial charge in [-0.2, -0.15) is 13.2 Å². The second-order valence-electron chi connectivity index (χ2n) is 4.23. The van der Waals surface area contributed by atoms with Crippen molar-refractivity contribution in [2.45, 2.75) is 19.8 Å². The Labute approximate surface area is 118 Å². The zero-order valence-corrected chi connectivity index (χ0v) is 11.2. The summed E-state index contributed by atoms with van der Waals surface area (Å²) in [5.41, 5.74) is 0.575. The van der Waals surface area contributed by atoms with Crippen molar-refractivity contribution >= 4 is 17.0 Å². The summed E-state index contributed by atoms with van der Waals surface area (Å²) in [7, 11) is 0. The third kappa shape index (κ3) is 3.72. The molecule has 0 radical (unpaired) electrons. The lowest BCUT2D eigenvalue weighted by Crippen LogP contribution is -2.17. The van der Waals surface area contributed by atoms with Crippen molar-refractivity contribution in [3.05, 3.63) is 30.1 Å². The first-order valence-corrected chi connectivity index (χ1v) is 6.13. The first-order valence-electron chi connectivity index (χ1n) is 6.13. The maximum atomic E-state index is 13.0. The number of ether oxygens (including phenoxy) is 2. The number of fused-ring (bicyclic) bond motifs is 1. The van der Waals surface area contributed by atoms with Crippen LogP contribution in [0.25, 0.3) is 11.0 Å². The Morgan fingerprint density at radius 3 is 2.67 bits per heavy atom. The van der Waals surface area contributed by atoms with E-state index < -0.39 is 18.0 Å². The summed E-state index contributed by atoms with van der Waals surface area (Å²) in [5.74, 6) is -1.49. The van der Waals surface area contributed by atoms with Crippen molar-refractivity contribution < 1.29 is 27.4 Å². The molecule has 0 N–H and O–H groups in total. The molecule has 0 aliphatic rings. The van der Waals surface area contributed by atoms with Gasteiger partial charge in [-0.3, -0.25) is 9.36 Å². The van der Waals surface area contributed by atoms with Crippen LogP contribution in [-0.2, 0) is 27.2 Å². The molecule has 0 saturated heterocycles. The summed E-state index contributed by atoms with van der Waals surface area (Å²) in [6, 6.07) is 6.27. The Hall–Kier alpha value is -2.09. The van der Waals surface area contributed by atoms with Crippen LogP contribution in [0.4, 0.5) is 13.2 Å². The van der Waals surface area contributed by atoms with E-state index in [9.17, 15) is 18.0 Å². The number of imidazole rings is 1. The van der Waals surface area contributed by atoms with E-state index in [-0.39, 0.29) is 25.5 Å². The number of halogens is 3. The van der Waals surface area contributed by atoms with Crippen LogP contribution in [0.1, 0.15) is 12.7 Å². The van der Waals surface area contributed by atoms with Gasteiger partial charge < -0.3 is 9.47 Å². The van der Waals surface area contributed by atoms with E-state index in [4.69, 9.17) is 4.74 Å². The highest BCUT2D eigenvalue weighted by Gasteiger charge is 2.37. The van der Waals surface area contributed by atoms with Gasteiger partial charge in [-0.1, -0.05) is 12.1 Å². The van der Waals surface area contributed by atoms with Crippen LogP contribution in [0, 0.1) is 0 Å². The number of hydrogen-bond donors (Lipinski definition) is 0. The van der Waals surface area contributed by atoms with Gasteiger partial charge in [-0.15, -0.1) is 0 Å². The van der Waals surface area contributed by atoms with Crippen LogP contribution in [0.15, 0.2) is 24.3 Å². The minimum atomic E-state index is -4.57. The average Bonchev–Trinajstić information content (AvgIpc) is 2.77. The molecule has 21 heavy (non-hydrogen) atoms. The molecule has 0 saturated carbocycles. The van der Waals surface area contributed by atoms with E-state index in [1.807, 2.05) is 0 Å². The fourth-order valence-corrected chi connectivity index (χ4v) is 1.82. The molecule has 0 bridgehead atoms. The molecule has 1 heterocycles. The Morgan fingerprint density at radius 2 is 2.00 bits per heavy atom. The van der Waals surface area contributed by atoms with E-state index in [1.54, 1.807) is 12.1 Å². The summed E-state index contributed by atoms with van der Waals surface area (Å²) >= 11 is 0. The normalized spacial score (nSPS) is 11.8. The number of carbonyl (C=O) groups excluding carboxylic acids is 1. The van der Waals surface area contributed by atoms with E-state index in [1.165, 1.54) is 19.1 Å². The molecule has 2 aromatic rings. The lowest BCUT2D eigenvalue weighted by atomic mass is 10.3. The maximum absolute atomic E-state index is 13.0. The van der Waals surface area contributed by atoms with Crippen molar-refractivity contribution in [3.8, 4) is 0 Å². The minimum absolute atomic E-state index is 0.00336. The zero-order chi connectivity index (χ0) is 15.5. The molecule has 0 unspecified atom stereocenters. The molecule has 0 aliphatic carbocycles. The van der Waals surface area contributed by atoms with E-state index in [0.29, 0.717) is 5.52 Å². The summed E-state index contributed by atoms with van der Waals surface area (Å²) in [6.07, 6.45) is -4.57. The highest BCUT2D eigenvalue weighted by molar-refractivity contribution is 5.76. The van der Waals surface area contributed by atoms with Crippen LogP contribution >= 0.6 is 0 Å². The van der Waals surface area contributed by atoms with Gasteiger partial charge in [0.2, 0.25) is 5.82 Å². The maximum Gasteiger partial charge on any atom is 0.449 e. The van der Waals surface area contributed by atoms with Crippen LogP contribution < -0.4 is 0 Å². The summed E-state index contributed by atoms with van der Waals surface area (Å²) in [6.45, 7) is 0.911. The third-order valence-corrected chi connectivity index (χ3v) is 2.66. The van der Waals surface area contributed by atoms with Gasteiger partial charge in [0.05, 0.1) is 17.6 Å². The Morgan fingerprint density at radius 1 is 1.29 bits per heavy atom. The molecule has 8 heteroatoms. The fraction of sp³-hybridized carbons (Fsp3) is 0.385. The number of nitrogens with zero attached hydrogens (tertiary/aromatic N) is 2. The minimum Gasteiger partial charge on any atom is -0.463 e. The van der Waals surface area contributed by atoms with Crippen molar-refractivity contribution in [2.75, 3.05) is 13.2 Å². The van der Waals surface area contributed by atoms with Gasteiger partial charge in [-0.25, -0.2) is 4.98 Å². The Balaban J connectivity index is 2.15. The zero-order valence-electron chi connectivity index (χ0n) is 11.2. The van der Waals surface area contributed by atoms with E-state index in [2.05, 4.69) is 9.72 Å². The second-order valence-corrected chi connectivity index (χ2v) is 4.23. The van der Waals surface area contributed by atoms with Crippen LogP contribution in [0.3, 0.4) is 0 Å². The quantitative estimate of drug-likeness (QED) is 0.629. The molecule has 0 amide bonds. The number of benzene rings is 1. The van der Waals surface area contributed by atoms with Crippen molar-refractivity contribution in [1.29, 1.82) is 0 Å². The molecule has 0 fully saturated rings. The Kier molecular flexibility index (Phi) is 4.46. The lowest BCUT2D eigenvalue weighted by Gasteiger charge is -2.11. The lowest BCUT2D eigenvalue weighted by molar-refractivity contribution is -0.149. The summed E-state index contributed by atoms with van der Waals surface area (Å²) in [4.78, 5) is 14.1. The van der Waals surface area contributed by atoms with Gasteiger partial charge in [0, 0.05) is 6.92 Å². The fourth-order valence-electron chi connectivity index (χ4n) is 1.82. The molecule has 0 aliphatic heterocycles. The standard InChI is InChI=1S/C13H13F3N2O3/c1-9(19)21-7-6-20-8-18-11-5-3-2-4-10(11)17-12(18)13(14,15)16/h2-5H,6-8H2,1H3. The molecular weight excluding hydrogens is 289 g/mol. The van der Waals surface area contributed by atoms with Gasteiger partial charge in [0.15, 0.2) is 0 Å². The molecule has 1 aromatic heterocycles. The molecular formula is C13H13F3N2O3. The van der Waals surface area contributed by atoms with Crippen molar-refractivity contribution in [3.63, 3.8) is 0 Å².